The summed E-state index contributed by atoms with van der Waals surface area (Å²) in [5.74, 6) is 0.296. The van der Waals surface area contributed by atoms with Gasteiger partial charge in [0.2, 0.25) is 5.91 Å². The van der Waals surface area contributed by atoms with Crippen LogP contribution < -0.4 is 16.0 Å². The summed E-state index contributed by atoms with van der Waals surface area (Å²) in [4.78, 5) is 24.6. The molecule has 2 amide bonds. The van der Waals surface area contributed by atoms with Crippen LogP contribution in [0.1, 0.15) is 35.9 Å². The van der Waals surface area contributed by atoms with Gasteiger partial charge >= 0.3 is 0 Å². The van der Waals surface area contributed by atoms with Crippen molar-refractivity contribution in [3.05, 3.63) is 20.8 Å². The Morgan fingerprint density at radius 2 is 2.26 bits per heavy atom. The largest absolute Gasteiger partial charge is 0.354 e. The zero-order valence-electron chi connectivity index (χ0n) is 13.1. The van der Waals surface area contributed by atoms with E-state index in [1.165, 1.54) is 24.2 Å². The minimum Gasteiger partial charge on any atom is -0.354 e. The molecule has 1 aliphatic rings. The van der Waals surface area contributed by atoms with Gasteiger partial charge in [0.05, 0.1) is 8.66 Å². The van der Waals surface area contributed by atoms with Crippen LogP contribution in [0.15, 0.2) is 15.9 Å². The molecule has 2 unspecified atom stereocenters. The van der Waals surface area contributed by atoms with Crippen LogP contribution in [0.2, 0.25) is 0 Å². The molecule has 3 N–H and O–H groups in total. The van der Waals surface area contributed by atoms with Gasteiger partial charge in [0.15, 0.2) is 0 Å². The average molecular weight is 425 g/mol. The standard InChI is InChI=1S/C15H22BrN3O2S.ClH/c1-10(19-15(21)12-4-5-13(16)22-12)14(20)18-8-6-11-3-2-7-17-9-11;/h4-5,10-11,17H,2-3,6-9H2,1H3,(H,18,20)(H,19,21);1H. The molecule has 0 bridgehead atoms. The third kappa shape index (κ3) is 6.79. The van der Waals surface area contributed by atoms with Crippen LogP contribution in [0.3, 0.4) is 0 Å². The normalized spacial score (nSPS) is 18.6. The topological polar surface area (TPSA) is 70.2 Å². The number of rotatable bonds is 6. The predicted octanol–water partition coefficient (Wildman–Crippen LogP) is 2.56. The monoisotopic (exact) mass is 423 g/mol. The number of nitrogens with one attached hydrogen (secondary N) is 3. The van der Waals surface area contributed by atoms with E-state index in [4.69, 9.17) is 0 Å². The number of hydrogen-bond donors (Lipinski definition) is 3. The summed E-state index contributed by atoms with van der Waals surface area (Å²) in [7, 11) is 0. The minimum atomic E-state index is -0.530. The zero-order chi connectivity index (χ0) is 15.9. The Kier molecular flexibility index (Phi) is 9.12. The predicted molar refractivity (Wildman–Crippen MR) is 99.4 cm³/mol. The van der Waals surface area contributed by atoms with E-state index in [-0.39, 0.29) is 24.2 Å². The van der Waals surface area contributed by atoms with Gasteiger partial charge in [-0.15, -0.1) is 23.7 Å². The number of hydrogen-bond acceptors (Lipinski definition) is 4. The average Bonchev–Trinajstić information content (AvgIpc) is 2.95. The molecule has 0 aromatic carbocycles. The summed E-state index contributed by atoms with van der Waals surface area (Å²) in [6.07, 6.45) is 3.42. The first-order chi connectivity index (χ1) is 10.6. The van der Waals surface area contributed by atoms with Crippen LogP contribution in [-0.4, -0.2) is 37.5 Å². The summed E-state index contributed by atoms with van der Waals surface area (Å²) >= 11 is 4.67. The Labute approximate surface area is 155 Å². The molecule has 0 radical (unpaired) electrons. The van der Waals surface area contributed by atoms with Crippen molar-refractivity contribution in [3.8, 4) is 0 Å². The summed E-state index contributed by atoms with van der Waals surface area (Å²) in [5.41, 5.74) is 0. The number of piperidine rings is 1. The fraction of sp³-hybridized carbons (Fsp3) is 0.600. The van der Waals surface area contributed by atoms with Crippen LogP contribution in [0.4, 0.5) is 0 Å². The van der Waals surface area contributed by atoms with Gasteiger partial charge in [0, 0.05) is 6.54 Å². The van der Waals surface area contributed by atoms with Crippen molar-refractivity contribution in [2.75, 3.05) is 19.6 Å². The highest BCUT2D eigenvalue weighted by Crippen LogP contribution is 2.21. The number of thiophene rings is 1. The van der Waals surface area contributed by atoms with Crippen molar-refractivity contribution in [2.24, 2.45) is 5.92 Å². The van der Waals surface area contributed by atoms with Crippen LogP contribution in [0.5, 0.6) is 0 Å². The van der Waals surface area contributed by atoms with Crippen molar-refractivity contribution in [2.45, 2.75) is 32.2 Å². The lowest BCUT2D eigenvalue weighted by atomic mass is 9.96. The lowest BCUT2D eigenvalue weighted by molar-refractivity contribution is -0.122. The molecule has 2 rings (SSSR count). The first-order valence-corrected chi connectivity index (χ1v) is 9.22. The fourth-order valence-electron chi connectivity index (χ4n) is 2.49. The van der Waals surface area contributed by atoms with E-state index < -0.39 is 6.04 Å². The molecule has 1 aromatic heterocycles. The van der Waals surface area contributed by atoms with Gasteiger partial charge in [-0.1, -0.05) is 0 Å². The van der Waals surface area contributed by atoms with Crippen molar-refractivity contribution >= 4 is 51.5 Å². The van der Waals surface area contributed by atoms with Gasteiger partial charge in [-0.25, -0.2) is 0 Å². The first-order valence-electron chi connectivity index (χ1n) is 7.61. The summed E-state index contributed by atoms with van der Waals surface area (Å²) in [5, 5.41) is 9.00. The summed E-state index contributed by atoms with van der Waals surface area (Å²) in [6, 6.07) is 3.03. The molecular formula is C15H23BrClN3O2S. The van der Waals surface area contributed by atoms with Gasteiger partial charge in [-0.3, -0.25) is 9.59 Å². The maximum atomic E-state index is 12.0. The lowest BCUT2D eigenvalue weighted by Crippen LogP contribution is -2.45. The van der Waals surface area contributed by atoms with E-state index in [1.807, 2.05) is 6.07 Å². The molecule has 0 spiro atoms. The molecule has 1 saturated heterocycles. The molecule has 2 atom stereocenters. The van der Waals surface area contributed by atoms with Crippen LogP contribution in [0, 0.1) is 5.92 Å². The van der Waals surface area contributed by atoms with E-state index in [0.29, 0.717) is 17.3 Å². The van der Waals surface area contributed by atoms with Crippen molar-refractivity contribution in [1.82, 2.24) is 16.0 Å². The third-order valence-electron chi connectivity index (χ3n) is 3.79. The Morgan fingerprint density at radius 3 is 2.87 bits per heavy atom. The van der Waals surface area contributed by atoms with Gasteiger partial charge in [0.1, 0.15) is 6.04 Å². The van der Waals surface area contributed by atoms with Gasteiger partial charge in [-0.05, 0) is 73.3 Å². The van der Waals surface area contributed by atoms with Crippen molar-refractivity contribution < 1.29 is 9.59 Å². The molecule has 0 aliphatic carbocycles. The Morgan fingerprint density at radius 1 is 1.48 bits per heavy atom. The van der Waals surface area contributed by atoms with Gasteiger partial charge < -0.3 is 16.0 Å². The van der Waals surface area contributed by atoms with Crippen molar-refractivity contribution in [3.63, 3.8) is 0 Å². The van der Waals surface area contributed by atoms with Gasteiger partial charge in [0.25, 0.3) is 5.91 Å². The third-order valence-corrected chi connectivity index (χ3v) is 5.41. The zero-order valence-corrected chi connectivity index (χ0v) is 16.3. The maximum Gasteiger partial charge on any atom is 0.262 e. The second kappa shape index (κ2) is 10.3. The van der Waals surface area contributed by atoms with E-state index in [0.717, 1.165) is 23.3 Å². The Balaban J connectivity index is 0.00000264. The van der Waals surface area contributed by atoms with Crippen molar-refractivity contribution in [1.29, 1.82) is 0 Å². The lowest BCUT2D eigenvalue weighted by Gasteiger charge is -2.23. The van der Waals surface area contributed by atoms with Crippen LogP contribution in [-0.2, 0) is 4.79 Å². The number of carbonyl (C=O) groups excluding carboxylic acids is 2. The molecule has 23 heavy (non-hydrogen) atoms. The van der Waals surface area contributed by atoms with E-state index >= 15 is 0 Å². The second-order valence-corrected chi connectivity index (χ2v) is 8.05. The van der Waals surface area contributed by atoms with Crippen LogP contribution in [0.25, 0.3) is 0 Å². The number of amides is 2. The summed E-state index contributed by atoms with van der Waals surface area (Å²) < 4.78 is 0.899. The first kappa shape index (κ1) is 20.4. The highest BCUT2D eigenvalue weighted by atomic mass is 79.9. The molecule has 1 fully saturated rings. The maximum absolute atomic E-state index is 12.0. The summed E-state index contributed by atoms with van der Waals surface area (Å²) in [6.45, 7) is 4.51. The minimum absolute atomic E-state index is 0. The quantitative estimate of drug-likeness (QED) is 0.657. The van der Waals surface area contributed by atoms with Gasteiger partial charge in [-0.2, -0.15) is 0 Å². The molecule has 1 aliphatic heterocycles. The fourth-order valence-corrected chi connectivity index (χ4v) is 3.78. The highest BCUT2D eigenvalue weighted by molar-refractivity contribution is 9.11. The number of carbonyl (C=O) groups is 2. The molecule has 2 heterocycles. The second-order valence-electron chi connectivity index (χ2n) is 5.59. The molecule has 0 saturated carbocycles. The van der Waals surface area contributed by atoms with E-state index in [2.05, 4.69) is 31.9 Å². The Hall–Kier alpha value is -0.630. The van der Waals surface area contributed by atoms with E-state index in [9.17, 15) is 9.59 Å². The molecular weight excluding hydrogens is 402 g/mol. The smallest absolute Gasteiger partial charge is 0.262 e. The molecule has 5 nitrogen and oxygen atoms in total. The van der Waals surface area contributed by atoms with Crippen LogP contribution >= 0.6 is 39.7 Å². The van der Waals surface area contributed by atoms with E-state index in [1.54, 1.807) is 13.0 Å². The SMILES string of the molecule is CC(NC(=O)c1ccc(Br)s1)C(=O)NCCC1CCCNC1.Cl. The number of halogens is 2. The highest BCUT2D eigenvalue weighted by Gasteiger charge is 2.18. The Bertz CT molecular complexity index is 521. The molecule has 8 heteroatoms. The molecule has 130 valence electrons. The molecule has 1 aromatic rings.